The Morgan fingerprint density at radius 1 is 1.50 bits per heavy atom. The van der Waals surface area contributed by atoms with E-state index in [2.05, 4.69) is 0 Å². The van der Waals surface area contributed by atoms with Gasteiger partial charge in [0.05, 0.1) is 11.4 Å². The van der Waals surface area contributed by atoms with Crippen LogP contribution in [0.1, 0.15) is 20.3 Å². The molecule has 0 spiro atoms. The number of aliphatic hydroxyl groups excluding tert-OH is 1. The standard InChI is InChI=1S/C9H17NO2S2/c1-9(2,7(12)5-6-11)14-8(13)10(3)4/h11H,5-6H2,1-4H3. The van der Waals surface area contributed by atoms with Gasteiger partial charge in [0.1, 0.15) is 4.32 Å². The number of carbonyl (C=O) groups excluding carboxylic acids is 1. The van der Waals surface area contributed by atoms with Crippen LogP contribution in [0.3, 0.4) is 0 Å². The van der Waals surface area contributed by atoms with Crippen LogP contribution in [0.25, 0.3) is 0 Å². The number of hydrogen-bond acceptors (Lipinski definition) is 4. The summed E-state index contributed by atoms with van der Waals surface area (Å²) in [4.78, 5) is 13.4. The summed E-state index contributed by atoms with van der Waals surface area (Å²) in [6, 6.07) is 0. The van der Waals surface area contributed by atoms with Crippen LogP contribution in [0, 0.1) is 0 Å². The highest BCUT2D eigenvalue weighted by atomic mass is 32.2. The largest absolute Gasteiger partial charge is 0.396 e. The van der Waals surface area contributed by atoms with Crippen LogP contribution in [0.5, 0.6) is 0 Å². The fourth-order valence-corrected chi connectivity index (χ4v) is 2.23. The number of aliphatic hydroxyl groups is 1. The fraction of sp³-hybridized carbons (Fsp3) is 0.778. The minimum Gasteiger partial charge on any atom is -0.396 e. The number of nitrogens with zero attached hydrogens (tertiary/aromatic N) is 1. The second-order valence-corrected chi connectivity index (χ2v) is 5.93. The van der Waals surface area contributed by atoms with E-state index in [0.717, 1.165) is 0 Å². The molecule has 14 heavy (non-hydrogen) atoms. The van der Waals surface area contributed by atoms with Crippen molar-refractivity contribution in [2.45, 2.75) is 25.0 Å². The van der Waals surface area contributed by atoms with Crippen LogP contribution in [-0.4, -0.2) is 45.6 Å². The van der Waals surface area contributed by atoms with E-state index >= 15 is 0 Å². The highest BCUT2D eigenvalue weighted by molar-refractivity contribution is 8.24. The molecular weight excluding hydrogens is 218 g/mol. The lowest BCUT2D eigenvalue weighted by Gasteiger charge is -2.25. The van der Waals surface area contributed by atoms with Crippen molar-refractivity contribution in [2.24, 2.45) is 0 Å². The summed E-state index contributed by atoms with van der Waals surface area (Å²) in [6.45, 7) is 3.55. The first-order chi connectivity index (χ1) is 6.31. The van der Waals surface area contributed by atoms with Gasteiger partial charge in [-0.1, -0.05) is 24.0 Å². The molecule has 0 aliphatic heterocycles. The predicted molar refractivity (Wildman–Crippen MR) is 64.7 cm³/mol. The molecule has 0 aliphatic rings. The van der Waals surface area contributed by atoms with E-state index in [9.17, 15) is 4.79 Å². The van der Waals surface area contributed by atoms with Crippen molar-refractivity contribution >= 4 is 34.1 Å². The van der Waals surface area contributed by atoms with Gasteiger partial charge in [0.25, 0.3) is 0 Å². The van der Waals surface area contributed by atoms with E-state index in [1.807, 2.05) is 27.9 Å². The van der Waals surface area contributed by atoms with E-state index in [0.29, 0.717) is 4.32 Å². The summed E-state index contributed by atoms with van der Waals surface area (Å²) >= 11 is 6.46. The van der Waals surface area contributed by atoms with Crippen molar-refractivity contribution in [2.75, 3.05) is 20.7 Å². The summed E-state index contributed by atoms with van der Waals surface area (Å²) in [5.74, 6) is 0.0224. The number of thiocarbonyl (C=S) groups is 1. The second-order valence-electron chi connectivity index (χ2n) is 3.67. The maximum absolute atomic E-state index is 11.6. The number of hydrogen-bond donors (Lipinski definition) is 1. The molecule has 0 aliphatic carbocycles. The summed E-state index contributed by atoms with van der Waals surface area (Å²) in [5.41, 5.74) is 0. The van der Waals surface area contributed by atoms with Gasteiger partial charge in [-0.25, -0.2) is 0 Å². The van der Waals surface area contributed by atoms with Gasteiger partial charge in [-0.3, -0.25) is 4.79 Å². The maximum atomic E-state index is 11.6. The lowest BCUT2D eigenvalue weighted by atomic mass is 10.1. The predicted octanol–water partition coefficient (Wildman–Crippen LogP) is 1.30. The lowest BCUT2D eigenvalue weighted by Crippen LogP contribution is -2.32. The number of carbonyl (C=O) groups is 1. The Morgan fingerprint density at radius 3 is 2.36 bits per heavy atom. The van der Waals surface area contributed by atoms with Gasteiger partial charge >= 0.3 is 0 Å². The number of thioether (sulfide) groups is 1. The molecule has 0 aromatic carbocycles. The van der Waals surface area contributed by atoms with Crippen molar-refractivity contribution in [1.82, 2.24) is 4.90 Å². The monoisotopic (exact) mass is 235 g/mol. The average Bonchev–Trinajstić information content (AvgIpc) is 2.03. The van der Waals surface area contributed by atoms with Crippen LogP contribution >= 0.6 is 24.0 Å². The first kappa shape index (κ1) is 13.9. The molecule has 0 rings (SSSR count). The molecule has 82 valence electrons. The Morgan fingerprint density at radius 2 is 2.00 bits per heavy atom. The minimum absolute atomic E-state index is 0.0224. The zero-order valence-corrected chi connectivity index (χ0v) is 10.7. The van der Waals surface area contributed by atoms with E-state index in [-0.39, 0.29) is 18.8 Å². The molecule has 0 aromatic rings. The lowest BCUT2D eigenvalue weighted by molar-refractivity contribution is -0.121. The number of ketones is 1. The van der Waals surface area contributed by atoms with Crippen LogP contribution < -0.4 is 0 Å². The minimum atomic E-state index is -0.552. The highest BCUT2D eigenvalue weighted by Crippen LogP contribution is 2.28. The molecule has 3 nitrogen and oxygen atoms in total. The van der Waals surface area contributed by atoms with Crippen molar-refractivity contribution < 1.29 is 9.90 Å². The Balaban J connectivity index is 4.33. The molecule has 0 radical (unpaired) electrons. The first-order valence-electron chi connectivity index (χ1n) is 4.35. The van der Waals surface area contributed by atoms with Gasteiger partial charge in [-0.2, -0.15) is 0 Å². The molecule has 1 N–H and O–H groups in total. The topological polar surface area (TPSA) is 40.5 Å². The molecule has 0 bridgehead atoms. The molecule has 5 heteroatoms. The molecule has 0 amide bonds. The quantitative estimate of drug-likeness (QED) is 0.744. The Bertz CT molecular complexity index is 227. The number of rotatable bonds is 4. The highest BCUT2D eigenvalue weighted by Gasteiger charge is 2.29. The summed E-state index contributed by atoms with van der Waals surface area (Å²) in [6.07, 6.45) is 0.191. The van der Waals surface area contributed by atoms with Crippen molar-refractivity contribution in [1.29, 1.82) is 0 Å². The van der Waals surface area contributed by atoms with E-state index in [1.165, 1.54) is 11.8 Å². The number of Topliss-reactive ketones (excluding diaryl/α,β-unsaturated/α-hetero) is 1. The summed E-state index contributed by atoms with van der Waals surface area (Å²) in [5, 5.41) is 8.67. The Kier molecular flexibility index (Phi) is 5.63. The second kappa shape index (κ2) is 5.68. The van der Waals surface area contributed by atoms with Gasteiger partial charge < -0.3 is 10.0 Å². The van der Waals surface area contributed by atoms with Crippen LogP contribution in [0.4, 0.5) is 0 Å². The normalized spacial score (nSPS) is 11.2. The van der Waals surface area contributed by atoms with Crippen LogP contribution in [-0.2, 0) is 4.79 Å². The van der Waals surface area contributed by atoms with Crippen LogP contribution in [0.2, 0.25) is 0 Å². The summed E-state index contributed by atoms with van der Waals surface area (Å²) in [7, 11) is 3.70. The third-order valence-electron chi connectivity index (χ3n) is 1.72. The zero-order valence-electron chi connectivity index (χ0n) is 9.03. The smallest absolute Gasteiger partial charge is 0.151 e. The van der Waals surface area contributed by atoms with Crippen molar-refractivity contribution in [3.63, 3.8) is 0 Å². The van der Waals surface area contributed by atoms with Gasteiger partial charge in [-0.05, 0) is 13.8 Å². The van der Waals surface area contributed by atoms with E-state index < -0.39 is 4.75 Å². The van der Waals surface area contributed by atoms with Crippen molar-refractivity contribution in [3.05, 3.63) is 0 Å². The molecular formula is C9H17NO2S2. The third kappa shape index (κ3) is 4.39. The van der Waals surface area contributed by atoms with E-state index in [4.69, 9.17) is 17.3 Å². The third-order valence-corrected chi connectivity index (χ3v) is 3.61. The maximum Gasteiger partial charge on any atom is 0.151 e. The van der Waals surface area contributed by atoms with E-state index in [1.54, 1.807) is 4.90 Å². The van der Waals surface area contributed by atoms with Crippen LogP contribution in [0.15, 0.2) is 0 Å². The van der Waals surface area contributed by atoms with Gasteiger partial charge in [-0.15, -0.1) is 0 Å². The SMILES string of the molecule is CN(C)C(=S)SC(C)(C)C(=O)CCO. The first-order valence-corrected chi connectivity index (χ1v) is 5.58. The molecule has 0 heterocycles. The van der Waals surface area contributed by atoms with Gasteiger partial charge in [0.15, 0.2) is 5.78 Å². The summed E-state index contributed by atoms with van der Waals surface area (Å²) < 4.78 is 0.130. The molecule has 0 saturated heterocycles. The molecule has 0 aromatic heterocycles. The fourth-order valence-electron chi connectivity index (χ4n) is 0.769. The molecule has 0 atom stereocenters. The Labute approximate surface area is 94.9 Å². The molecule has 0 unspecified atom stereocenters. The zero-order chi connectivity index (χ0) is 11.4. The van der Waals surface area contributed by atoms with Gasteiger partial charge in [0.2, 0.25) is 0 Å². The Hall–Kier alpha value is -0.130. The molecule has 0 fully saturated rings. The average molecular weight is 235 g/mol. The van der Waals surface area contributed by atoms with Crippen molar-refractivity contribution in [3.8, 4) is 0 Å². The van der Waals surface area contributed by atoms with Gasteiger partial charge in [0, 0.05) is 20.5 Å². The molecule has 0 saturated carbocycles.